The van der Waals surface area contributed by atoms with Crippen molar-refractivity contribution in [2.24, 2.45) is 0 Å². The fourth-order valence-electron chi connectivity index (χ4n) is 2.53. The van der Waals surface area contributed by atoms with E-state index in [0.717, 1.165) is 29.7 Å². The van der Waals surface area contributed by atoms with Crippen molar-refractivity contribution in [2.45, 2.75) is 44.8 Å². The first-order valence-electron chi connectivity index (χ1n) is 7.55. The summed E-state index contributed by atoms with van der Waals surface area (Å²) in [6, 6.07) is 7.95. The lowest BCUT2D eigenvalue weighted by Gasteiger charge is -2.10. The number of rotatable bonds is 6. The number of para-hydroxylation sites is 2. The van der Waals surface area contributed by atoms with Crippen LogP contribution in [0.1, 0.15) is 37.9 Å². The SMILES string of the molecule is CC(O)CCNC(=O)Cn1c(C2CC2)nc2ccccc21. The number of carbonyl (C=O) groups is 1. The van der Waals surface area contributed by atoms with Gasteiger partial charge in [-0.25, -0.2) is 4.98 Å². The number of imidazole rings is 1. The smallest absolute Gasteiger partial charge is 0.240 e. The standard InChI is InChI=1S/C16H21N3O2/c1-11(20)8-9-17-15(21)10-19-14-5-3-2-4-13(14)18-16(19)12-6-7-12/h2-5,11-12,20H,6-10H2,1H3,(H,17,21). The lowest BCUT2D eigenvalue weighted by atomic mass is 10.3. The van der Waals surface area contributed by atoms with Gasteiger partial charge in [0.25, 0.3) is 0 Å². The Balaban J connectivity index is 1.76. The largest absolute Gasteiger partial charge is 0.393 e. The first kappa shape index (κ1) is 14.1. The van der Waals surface area contributed by atoms with Gasteiger partial charge in [-0.15, -0.1) is 0 Å². The van der Waals surface area contributed by atoms with Crippen LogP contribution in [-0.4, -0.2) is 33.2 Å². The van der Waals surface area contributed by atoms with Crippen molar-refractivity contribution in [3.05, 3.63) is 30.1 Å². The minimum absolute atomic E-state index is 0.0271. The van der Waals surface area contributed by atoms with Crippen LogP contribution in [0.15, 0.2) is 24.3 Å². The van der Waals surface area contributed by atoms with Crippen LogP contribution in [0, 0.1) is 0 Å². The molecule has 112 valence electrons. The van der Waals surface area contributed by atoms with Crippen LogP contribution in [0.4, 0.5) is 0 Å². The zero-order valence-corrected chi connectivity index (χ0v) is 12.2. The van der Waals surface area contributed by atoms with E-state index in [1.54, 1.807) is 6.92 Å². The summed E-state index contributed by atoms with van der Waals surface area (Å²) in [5.74, 6) is 1.50. The summed E-state index contributed by atoms with van der Waals surface area (Å²) < 4.78 is 2.03. The molecule has 0 spiro atoms. The molecule has 1 heterocycles. The van der Waals surface area contributed by atoms with E-state index in [4.69, 9.17) is 0 Å². The third-order valence-electron chi connectivity index (χ3n) is 3.81. The molecule has 1 amide bonds. The summed E-state index contributed by atoms with van der Waals surface area (Å²) >= 11 is 0. The quantitative estimate of drug-likeness (QED) is 0.851. The summed E-state index contributed by atoms with van der Waals surface area (Å²) in [7, 11) is 0. The fraction of sp³-hybridized carbons (Fsp3) is 0.500. The summed E-state index contributed by atoms with van der Waals surface area (Å²) in [5, 5.41) is 12.1. The highest BCUT2D eigenvalue weighted by molar-refractivity contribution is 5.81. The Bertz CT molecular complexity index is 644. The number of nitrogens with zero attached hydrogens (tertiary/aromatic N) is 2. The van der Waals surface area contributed by atoms with Gasteiger partial charge in [-0.2, -0.15) is 0 Å². The van der Waals surface area contributed by atoms with E-state index < -0.39 is 0 Å². The third-order valence-corrected chi connectivity index (χ3v) is 3.81. The van der Waals surface area contributed by atoms with Crippen LogP contribution < -0.4 is 5.32 Å². The summed E-state index contributed by atoms with van der Waals surface area (Å²) in [6.07, 6.45) is 2.51. The molecule has 21 heavy (non-hydrogen) atoms. The maximum Gasteiger partial charge on any atom is 0.240 e. The average Bonchev–Trinajstić information content (AvgIpc) is 3.22. The van der Waals surface area contributed by atoms with Gasteiger partial charge in [0.1, 0.15) is 12.4 Å². The molecule has 2 N–H and O–H groups in total. The summed E-state index contributed by atoms with van der Waals surface area (Å²) in [5.41, 5.74) is 1.97. The van der Waals surface area contributed by atoms with Crippen molar-refractivity contribution in [2.75, 3.05) is 6.54 Å². The second kappa shape index (κ2) is 5.85. The van der Waals surface area contributed by atoms with E-state index in [9.17, 15) is 9.90 Å². The lowest BCUT2D eigenvalue weighted by molar-refractivity contribution is -0.121. The normalized spacial score (nSPS) is 16.1. The molecule has 0 bridgehead atoms. The lowest BCUT2D eigenvalue weighted by Crippen LogP contribution is -2.30. The molecule has 1 unspecified atom stereocenters. The second-order valence-corrected chi connectivity index (χ2v) is 5.81. The van der Waals surface area contributed by atoms with Gasteiger partial charge < -0.3 is 15.0 Å². The number of aliphatic hydroxyl groups is 1. The van der Waals surface area contributed by atoms with Crippen molar-refractivity contribution in [3.8, 4) is 0 Å². The molecule has 1 fully saturated rings. The number of nitrogens with one attached hydrogen (secondary N) is 1. The van der Waals surface area contributed by atoms with E-state index in [1.165, 1.54) is 0 Å². The van der Waals surface area contributed by atoms with Gasteiger partial charge in [0.15, 0.2) is 0 Å². The van der Waals surface area contributed by atoms with Crippen LogP contribution in [0.25, 0.3) is 11.0 Å². The number of aliphatic hydroxyl groups excluding tert-OH is 1. The molecular weight excluding hydrogens is 266 g/mol. The molecule has 0 radical (unpaired) electrons. The number of benzene rings is 1. The third kappa shape index (κ3) is 3.24. The van der Waals surface area contributed by atoms with E-state index >= 15 is 0 Å². The molecule has 1 aliphatic carbocycles. The highest BCUT2D eigenvalue weighted by atomic mass is 16.3. The van der Waals surface area contributed by atoms with Gasteiger partial charge in [0.2, 0.25) is 5.91 Å². The van der Waals surface area contributed by atoms with Crippen LogP contribution in [0.5, 0.6) is 0 Å². The Kier molecular flexibility index (Phi) is 3.92. The Hall–Kier alpha value is -1.88. The minimum atomic E-state index is -0.388. The second-order valence-electron chi connectivity index (χ2n) is 5.81. The molecule has 2 aromatic rings. The van der Waals surface area contributed by atoms with Gasteiger partial charge in [-0.1, -0.05) is 12.1 Å². The molecule has 3 rings (SSSR count). The maximum absolute atomic E-state index is 12.1. The molecule has 5 nitrogen and oxygen atoms in total. The number of fused-ring (bicyclic) bond motifs is 1. The van der Waals surface area contributed by atoms with Crippen LogP contribution in [0.2, 0.25) is 0 Å². The van der Waals surface area contributed by atoms with Crippen LogP contribution >= 0.6 is 0 Å². The number of hydrogen-bond donors (Lipinski definition) is 2. The van der Waals surface area contributed by atoms with Gasteiger partial charge >= 0.3 is 0 Å². The number of carbonyl (C=O) groups excluding carboxylic acids is 1. The molecule has 1 aliphatic rings. The van der Waals surface area contributed by atoms with Crippen LogP contribution in [0.3, 0.4) is 0 Å². The predicted octanol–water partition coefficient (Wildman–Crippen LogP) is 1.80. The van der Waals surface area contributed by atoms with Crippen LogP contribution in [-0.2, 0) is 11.3 Å². The minimum Gasteiger partial charge on any atom is -0.393 e. The molecule has 1 saturated carbocycles. The predicted molar refractivity (Wildman–Crippen MR) is 81.0 cm³/mol. The zero-order valence-electron chi connectivity index (χ0n) is 12.2. The van der Waals surface area contributed by atoms with Crippen molar-refractivity contribution in [1.29, 1.82) is 0 Å². The van der Waals surface area contributed by atoms with Crippen molar-refractivity contribution in [3.63, 3.8) is 0 Å². The Morgan fingerprint density at radius 2 is 2.24 bits per heavy atom. The van der Waals surface area contributed by atoms with Crippen molar-refractivity contribution in [1.82, 2.24) is 14.9 Å². The first-order chi connectivity index (χ1) is 10.1. The van der Waals surface area contributed by atoms with Crippen molar-refractivity contribution >= 4 is 16.9 Å². The van der Waals surface area contributed by atoms with Gasteiger partial charge in [0, 0.05) is 12.5 Å². The first-order valence-corrected chi connectivity index (χ1v) is 7.55. The fourth-order valence-corrected chi connectivity index (χ4v) is 2.53. The molecule has 0 saturated heterocycles. The molecular formula is C16H21N3O2. The van der Waals surface area contributed by atoms with Gasteiger partial charge in [0.05, 0.1) is 17.1 Å². The van der Waals surface area contributed by atoms with E-state index in [-0.39, 0.29) is 12.0 Å². The Morgan fingerprint density at radius 1 is 1.48 bits per heavy atom. The summed E-state index contributed by atoms with van der Waals surface area (Å²) in [4.78, 5) is 16.8. The zero-order chi connectivity index (χ0) is 14.8. The van der Waals surface area contributed by atoms with Crippen molar-refractivity contribution < 1.29 is 9.90 Å². The molecule has 1 aromatic carbocycles. The topological polar surface area (TPSA) is 67.2 Å². The monoisotopic (exact) mass is 287 g/mol. The molecule has 1 aromatic heterocycles. The van der Waals surface area contributed by atoms with E-state index in [0.29, 0.717) is 25.4 Å². The highest BCUT2D eigenvalue weighted by Crippen LogP contribution is 2.40. The number of amides is 1. The molecule has 5 heteroatoms. The summed E-state index contributed by atoms with van der Waals surface area (Å²) in [6.45, 7) is 2.52. The van der Waals surface area contributed by atoms with Gasteiger partial charge in [-0.3, -0.25) is 4.79 Å². The Morgan fingerprint density at radius 3 is 2.95 bits per heavy atom. The number of aromatic nitrogens is 2. The van der Waals surface area contributed by atoms with E-state index in [1.807, 2.05) is 28.8 Å². The molecule has 1 atom stereocenters. The van der Waals surface area contributed by atoms with E-state index in [2.05, 4.69) is 10.3 Å². The molecule has 0 aliphatic heterocycles. The maximum atomic E-state index is 12.1. The van der Waals surface area contributed by atoms with Gasteiger partial charge in [-0.05, 0) is 38.3 Å². The number of hydrogen-bond acceptors (Lipinski definition) is 3. The Labute approximate surface area is 124 Å². The average molecular weight is 287 g/mol. The highest BCUT2D eigenvalue weighted by Gasteiger charge is 2.30.